The van der Waals surface area contributed by atoms with Crippen molar-refractivity contribution in [1.82, 2.24) is 15.5 Å². The van der Waals surface area contributed by atoms with E-state index in [1.54, 1.807) is 6.20 Å². The summed E-state index contributed by atoms with van der Waals surface area (Å²) < 4.78 is 5.09. The normalized spacial score (nSPS) is 23.4. The third-order valence-corrected chi connectivity index (χ3v) is 6.11. The third-order valence-electron chi connectivity index (χ3n) is 5.07. The largest absolute Gasteiger partial charge is 0.361 e. The molecule has 0 saturated heterocycles. The van der Waals surface area contributed by atoms with Gasteiger partial charge in [-0.25, -0.2) is 4.98 Å². The number of aryl methyl sites for hydroxylation is 1. The molecule has 1 fully saturated rings. The first kappa shape index (κ1) is 18.0. The van der Waals surface area contributed by atoms with Crippen molar-refractivity contribution < 1.29 is 9.32 Å². The van der Waals surface area contributed by atoms with Crippen LogP contribution in [0.2, 0.25) is 0 Å². The topological polar surface area (TPSA) is 68.0 Å². The number of carbonyl (C=O) groups is 1. The number of nitrogens with one attached hydrogen (secondary N) is 1. The zero-order chi connectivity index (χ0) is 17.8. The molecule has 3 rings (SSSR count). The van der Waals surface area contributed by atoms with Gasteiger partial charge >= 0.3 is 0 Å². The number of aromatic nitrogens is 2. The first-order valence-corrected chi connectivity index (χ1v) is 9.84. The van der Waals surface area contributed by atoms with E-state index < -0.39 is 0 Å². The molecule has 5 nitrogen and oxygen atoms in total. The molecule has 0 aliphatic heterocycles. The fraction of sp³-hybridized carbons (Fsp3) is 0.526. The number of hydrogen-bond donors (Lipinski definition) is 1. The van der Waals surface area contributed by atoms with Crippen LogP contribution in [0.3, 0.4) is 0 Å². The zero-order valence-corrected chi connectivity index (χ0v) is 15.8. The van der Waals surface area contributed by atoms with Crippen LogP contribution in [0, 0.1) is 18.8 Å². The van der Waals surface area contributed by atoms with Crippen LogP contribution in [-0.2, 0) is 5.75 Å². The van der Waals surface area contributed by atoms with Crippen LogP contribution in [0.1, 0.15) is 54.9 Å². The second kappa shape index (κ2) is 8.04. The zero-order valence-electron chi connectivity index (χ0n) is 15.0. The Hall–Kier alpha value is -1.82. The molecule has 3 unspecified atom stereocenters. The van der Waals surface area contributed by atoms with Gasteiger partial charge in [-0.15, -0.1) is 0 Å². The molecule has 25 heavy (non-hydrogen) atoms. The molecular formula is C19H25N3O2S. The van der Waals surface area contributed by atoms with Gasteiger partial charge in [0.2, 0.25) is 0 Å². The highest BCUT2D eigenvalue weighted by Crippen LogP contribution is 2.30. The highest BCUT2D eigenvalue weighted by atomic mass is 32.2. The van der Waals surface area contributed by atoms with Crippen molar-refractivity contribution in [2.24, 2.45) is 11.8 Å². The van der Waals surface area contributed by atoms with Crippen molar-refractivity contribution in [2.75, 3.05) is 0 Å². The van der Waals surface area contributed by atoms with Crippen LogP contribution in [0.15, 0.2) is 33.9 Å². The lowest BCUT2D eigenvalue weighted by atomic mass is 9.78. The summed E-state index contributed by atoms with van der Waals surface area (Å²) in [7, 11) is 0. The van der Waals surface area contributed by atoms with Gasteiger partial charge < -0.3 is 9.84 Å². The quantitative estimate of drug-likeness (QED) is 0.809. The molecule has 2 aromatic rings. The van der Waals surface area contributed by atoms with E-state index in [1.165, 1.54) is 24.6 Å². The maximum atomic E-state index is 12.8. The molecule has 1 aliphatic carbocycles. The van der Waals surface area contributed by atoms with Gasteiger partial charge in [-0.1, -0.05) is 43.6 Å². The fourth-order valence-corrected chi connectivity index (χ4v) is 4.21. The molecule has 134 valence electrons. The number of carbonyl (C=O) groups excluding carboxylic acids is 1. The number of amides is 1. The van der Waals surface area contributed by atoms with E-state index >= 15 is 0 Å². The number of nitrogens with zero attached hydrogens (tertiary/aromatic N) is 2. The Labute approximate surface area is 153 Å². The fourth-order valence-electron chi connectivity index (χ4n) is 3.34. The Morgan fingerprint density at radius 3 is 3.00 bits per heavy atom. The van der Waals surface area contributed by atoms with Gasteiger partial charge in [0.25, 0.3) is 5.91 Å². The highest BCUT2D eigenvalue weighted by molar-refractivity contribution is 7.98. The van der Waals surface area contributed by atoms with Crippen molar-refractivity contribution in [1.29, 1.82) is 0 Å². The van der Waals surface area contributed by atoms with Crippen molar-refractivity contribution in [2.45, 2.75) is 56.9 Å². The Morgan fingerprint density at radius 2 is 2.24 bits per heavy atom. The minimum Gasteiger partial charge on any atom is -0.361 e. The molecule has 1 saturated carbocycles. The van der Waals surface area contributed by atoms with Crippen molar-refractivity contribution in [3.8, 4) is 0 Å². The average Bonchev–Trinajstić information content (AvgIpc) is 3.03. The molecule has 0 aromatic carbocycles. The van der Waals surface area contributed by atoms with Crippen molar-refractivity contribution in [3.63, 3.8) is 0 Å². The van der Waals surface area contributed by atoms with Crippen LogP contribution in [-0.4, -0.2) is 22.1 Å². The third kappa shape index (κ3) is 4.42. The molecule has 2 heterocycles. The molecule has 1 amide bonds. The summed E-state index contributed by atoms with van der Waals surface area (Å²) in [6.07, 6.45) is 5.20. The molecular weight excluding hydrogens is 334 g/mol. The van der Waals surface area contributed by atoms with Crippen molar-refractivity contribution >= 4 is 17.7 Å². The number of pyridine rings is 1. The molecule has 0 radical (unpaired) electrons. The van der Waals surface area contributed by atoms with E-state index in [9.17, 15) is 4.79 Å². The predicted octanol–water partition coefficient (Wildman–Crippen LogP) is 4.22. The van der Waals surface area contributed by atoms with Gasteiger partial charge in [-0.05, 0) is 37.3 Å². The second-order valence-electron chi connectivity index (χ2n) is 6.92. The molecule has 0 spiro atoms. The SMILES string of the molecule is Cc1cc(CSc2ncccc2C(=O)NC2CCCC(C)C2C)no1. The summed E-state index contributed by atoms with van der Waals surface area (Å²) in [6.45, 7) is 6.38. The first-order valence-electron chi connectivity index (χ1n) is 8.85. The predicted molar refractivity (Wildman–Crippen MR) is 98.5 cm³/mol. The number of hydrogen-bond acceptors (Lipinski definition) is 5. The lowest BCUT2D eigenvalue weighted by Gasteiger charge is -2.34. The minimum atomic E-state index is -0.0297. The van der Waals surface area contributed by atoms with E-state index in [0.717, 1.165) is 22.9 Å². The molecule has 6 heteroatoms. The lowest BCUT2D eigenvalue weighted by molar-refractivity contribution is 0.0887. The maximum Gasteiger partial charge on any atom is 0.254 e. The van der Waals surface area contributed by atoms with Crippen LogP contribution in [0.5, 0.6) is 0 Å². The van der Waals surface area contributed by atoms with E-state index in [1.807, 2.05) is 25.1 Å². The summed E-state index contributed by atoms with van der Waals surface area (Å²) in [4.78, 5) is 17.2. The van der Waals surface area contributed by atoms with E-state index in [2.05, 4.69) is 29.3 Å². The van der Waals surface area contributed by atoms with Gasteiger partial charge in [-0.3, -0.25) is 4.79 Å². The smallest absolute Gasteiger partial charge is 0.254 e. The molecule has 2 aromatic heterocycles. The molecule has 3 atom stereocenters. The van der Waals surface area contributed by atoms with Gasteiger partial charge in [0, 0.05) is 24.1 Å². The van der Waals surface area contributed by atoms with Crippen LogP contribution < -0.4 is 5.32 Å². The molecule has 1 aliphatic rings. The maximum absolute atomic E-state index is 12.8. The second-order valence-corrected chi connectivity index (χ2v) is 7.88. The van der Waals surface area contributed by atoms with E-state index in [0.29, 0.717) is 23.2 Å². The summed E-state index contributed by atoms with van der Waals surface area (Å²) in [5.74, 6) is 2.54. The Bertz CT molecular complexity index is 731. The van der Waals surface area contributed by atoms with Gasteiger partial charge in [-0.2, -0.15) is 0 Å². The Balaban J connectivity index is 1.68. The monoisotopic (exact) mass is 359 g/mol. The summed E-state index contributed by atoms with van der Waals surface area (Å²) in [5, 5.41) is 7.96. The standard InChI is InChI=1S/C19H25N3O2S/c1-12-6-4-8-17(14(12)3)21-18(23)16-7-5-9-20-19(16)25-11-15-10-13(2)24-22-15/h5,7,9-10,12,14,17H,4,6,8,11H2,1-3H3,(H,21,23). The molecule has 1 N–H and O–H groups in total. The average molecular weight is 359 g/mol. The molecule has 0 bridgehead atoms. The van der Waals surface area contributed by atoms with E-state index in [-0.39, 0.29) is 11.9 Å². The van der Waals surface area contributed by atoms with Gasteiger partial charge in [0.1, 0.15) is 10.8 Å². The summed E-state index contributed by atoms with van der Waals surface area (Å²) >= 11 is 1.51. The van der Waals surface area contributed by atoms with E-state index in [4.69, 9.17) is 4.52 Å². The lowest BCUT2D eigenvalue weighted by Crippen LogP contribution is -2.43. The van der Waals surface area contributed by atoms with Crippen LogP contribution >= 0.6 is 11.8 Å². The minimum absolute atomic E-state index is 0.0297. The summed E-state index contributed by atoms with van der Waals surface area (Å²) in [6, 6.07) is 5.80. The van der Waals surface area contributed by atoms with Crippen LogP contribution in [0.25, 0.3) is 0 Å². The number of thioether (sulfide) groups is 1. The van der Waals surface area contributed by atoms with Crippen LogP contribution in [0.4, 0.5) is 0 Å². The van der Waals surface area contributed by atoms with Gasteiger partial charge in [0.05, 0.1) is 11.3 Å². The van der Waals surface area contributed by atoms with Crippen molar-refractivity contribution in [3.05, 3.63) is 41.4 Å². The highest BCUT2D eigenvalue weighted by Gasteiger charge is 2.29. The Morgan fingerprint density at radius 1 is 1.40 bits per heavy atom. The number of rotatable bonds is 5. The Kier molecular flexibility index (Phi) is 5.78. The first-order chi connectivity index (χ1) is 12.0. The van der Waals surface area contributed by atoms with Gasteiger partial charge in [0.15, 0.2) is 0 Å². The summed E-state index contributed by atoms with van der Waals surface area (Å²) in [5.41, 5.74) is 1.49.